The van der Waals surface area contributed by atoms with Crippen molar-refractivity contribution in [1.29, 1.82) is 0 Å². The topological polar surface area (TPSA) is 75.9 Å². The molecule has 7 heteroatoms. The molecule has 0 bridgehead atoms. The molecule has 2 fully saturated rings. The Kier molecular flexibility index (Phi) is 3.30. The summed E-state index contributed by atoms with van der Waals surface area (Å²) in [6.45, 7) is 0.669. The Labute approximate surface area is 104 Å². The predicted octanol–water partition coefficient (Wildman–Crippen LogP) is 0.213. The van der Waals surface area contributed by atoms with Gasteiger partial charge < -0.3 is 10.4 Å². The minimum atomic E-state index is -0.329. The molecule has 1 aromatic rings. The van der Waals surface area contributed by atoms with Crippen LogP contribution in [0.1, 0.15) is 31.7 Å². The zero-order valence-corrected chi connectivity index (χ0v) is 10.4. The lowest BCUT2D eigenvalue weighted by Gasteiger charge is -2.10. The van der Waals surface area contributed by atoms with Gasteiger partial charge in [-0.1, -0.05) is 11.8 Å². The molecule has 1 unspecified atom stereocenters. The smallest absolute Gasteiger partial charge is 0.209 e. The van der Waals surface area contributed by atoms with Gasteiger partial charge in [0, 0.05) is 18.3 Å². The second-order valence-corrected chi connectivity index (χ2v) is 5.77. The van der Waals surface area contributed by atoms with E-state index in [1.165, 1.54) is 37.4 Å². The Morgan fingerprint density at radius 1 is 1.41 bits per heavy atom. The fraction of sp³-hybridized carbons (Fsp3) is 0.900. The average molecular weight is 255 g/mol. The largest absolute Gasteiger partial charge is 0.391 e. The molecule has 0 spiro atoms. The van der Waals surface area contributed by atoms with Gasteiger partial charge in [-0.15, -0.1) is 5.10 Å². The lowest BCUT2D eigenvalue weighted by atomic mass is 10.4. The van der Waals surface area contributed by atoms with E-state index in [1.807, 2.05) is 4.68 Å². The van der Waals surface area contributed by atoms with Crippen molar-refractivity contribution in [1.82, 2.24) is 25.5 Å². The molecule has 17 heavy (non-hydrogen) atoms. The van der Waals surface area contributed by atoms with Crippen molar-refractivity contribution in [2.45, 2.75) is 49.0 Å². The maximum atomic E-state index is 9.81. The number of rotatable bonds is 7. The van der Waals surface area contributed by atoms with Gasteiger partial charge in [0.05, 0.1) is 12.1 Å². The first-order valence-electron chi connectivity index (χ1n) is 6.15. The van der Waals surface area contributed by atoms with E-state index < -0.39 is 0 Å². The van der Waals surface area contributed by atoms with Crippen LogP contribution in [-0.2, 0) is 0 Å². The molecule has 0 amide bonds. The second-order valence-electron chi connectivity index (χ2n) is 4.78. The average Bonchev–Trinajstić information content (AvgIpc) is 3.24. The maximum Gasteiger partial charge on any atom is 0.209 e. The number of aliphatic hydroxyl groups is 1. The number of nitrogens with zero attached hydrogens (tertiary/aromatic N) is 4. The molecule has 0 aromatic carbocycles. The van der Waals surface area contributed by atoms with Gasteiger partial charge in [-0.2, -0.15) is 0 Å². The summed E-state index contributed by atoms with van der Waals surface area (Å²) in [6.07, 6.45) is 4.51. The number of aromatic nitrogens is 4. The van der Waals surface area contributed by atoms with Crippen LogP contribution < -0.4 is 5.32 Å². The summed E-state index contributed by atoms with van der Waals surface area (Å²) < 4.78 is 1.88. The Balaban J connectivity index is 1.43. The van der Waals surface area contributed by atoms with E-state index in [9.17, 15) is 5.11 Å². The Hall–Kier alpha value is -0.660. The van der Waals surface area contributed by atoms with E-state index >= 15 is 0 Å². The van der Waals surface area contributed by atoms with Crippen LogP contribution in [-0.4, -0.2) is 49.8 Å². The highest BCUT2D eigenvalue weighted by Gasteiger charge is 2.28. The number of thioether (sulfide) groups is 1. The molecule has 1 heterocycles. The molecule has 0 radical (unpaired) electrons. The minimum Gasteiger partial charge on any atom is -0.391 e. The number of aliphatic hydroxyl groups excluding tert-OH is 1. The van der Waals surface area contributed by atoms with Crippen molar-refractivity contribution in [3.63, 3.8) is 0 Å². The molecule has 2 aliphatic carbocycles. The minimum absolute atomic E-state index is 0.329. The zero-order valence-electron chi connectivity index (χ0n) is 9.62. The summed E-state index contributed by atoms with van der Waals surface area (Å²) >= 11 is 1.54. The number of hydrogen-bond acceptors (Lipinski definition) is 6. The first-order valence-corrected chi connectivity index (χ1v) is 7.13. The summed E-state index contributed by atoms with van der Waals surface area (Å²) in [5.74, 6) is 0.646. The monoisotopic (exact) mass is 255 g/mol. The van der Waals surface area contributed by atoms with E-state index in [0.717, 1.165) is 5.16 Å². The standard InChI is InChI=1S/C10H17N5OS/c16-9(5-11-7-1-2-7)6-17-10-12-13-14-15(10)8-3-4-8/h7-9,11,16H,1-6H2. The van der Waals surface area contributed by atoms with E-state index in [-0.39, 0.29) is 6.10 Å². The summed E-state index contributed by atoms with van der Waals surface area (Å²) in [4.78, 5) is 0. The molecule has 94 valence electrons. The van der Waals surface area contributed by atoms with Crippen molar-refractivity contribution < 1.29 is 5.11 Å². The van der Waals surface area contributed by atoms with Gasteiger partial charge in [0.25, 0.3) is 0 Å². The van der Waals surface area contributed by atoms with Crippen molar-refractivity contribution in [2.75, 3.05) is 12.3 Å². The molecule has 1 atom stereocenters. The first-order chi connectivity index (χ1) is 8.33. The van der Waals surface area contributed by atoms with Crippen molar-refractivity contribution in [2.24, 2.45) is 0 Å². The third-order valence-corrected chi connectivity index (χ3v) is 4.06. The van der Waals surface area contributed by atoms with E-state index in [2.05, 4.69) is 20.8 Å². The van der Waals surface area contributed by atoms with Gasteiger partial charge in [-0.05, 0) is 36.1 Å². The number of tetrazole rings is 1. The summed E-state index contributed by atoms with van der Waals surface area (Å²) in [7, 11) is 0. The fourth-order valence-corrected chi connectivity index (χ4v) is 2.52. The lowest BCUT2D eigenvalue weighted by Crippen LogP contribution is -2.30. The molecule has 6 nitrogen and oxygen atoms in total. The SMILES string of the molecule is OC(CNC1CC1)CSc1nnnn1C1CC1. The Morgan fingerprint density at radius 3 is 2.94 bits per heavy atom. The van der Waals surface area contributed by atoms with Crippen LogP contribution in [0.15, 0.2) is 5.16 Å². The lowest BCUT2D eigenvalue weighted by molar-refractivity contribution is 0.195. The quantitative estimate of drug-likeness (QED) is 0.679. The fourth-order valence-electron chi connectivity index (χ4n) is 1.65. The molecular formula is C10H17N5OS. The van der Waals surface area contributed by atoms with Crippen molar-refractivity contribution in [3.8, 4) is 0 Å². The van der Waals surface area contributed by atoms with Crippen LogP contribution in [0, 0.1) is 0 Å². The van der Waals surface area contributed by atoms with Crippen LogP contribution in [0.25, 0.3) is 0 Å². The summed E-state index contributed by atoms with van der Waals surface area (Å²) in [6, 6.07) is 1.14. The Morgan fingerprint density at radius 2 is 2.24 bits per heavy atom. The number of hydrogen-bond donors (Lipinski definition) is 2. The maximum absolute atomic E-state index is 9.81. The summed E-state index contributed by atoms with van der Waals surface area (Å²) in [5.41, 5.74) is 0. The van der Waals surface area contributed by atoms with Gasteiger partial charge in [0.2, 0.25) is 5.16 Å². The van der Waals surface area contributed by atoms with E-state index in [0.29, 0.717) is 24.4 Å². The number of nitrogens with one attached hydrogen (secondary N) is 1. The van der Waals surface area contributed by atoms with Crippen LogP contribution in [0.4, 0.5) is 0 Å². The van der Waals surface area contributed by atoms with Gasteiger partial charge >= 0.3 is 0 Å². The molecule has 0 aliphatic heterocycles. The molecule has 2 saturated carbocycles. The molecule has 3 rings (SSSR count). The van der Waals surface area contributed by atoms with Crippen molar-refractivity contribution >= 4 is 11.8 Å². The summed E-state index contributed by atoms with van der Waals surface area (Å²) in [5, 5.41) is 25.6. The van der Waals surface area contributed by atoms with Crippen LogP contribution in [0.2, 0.25) is 0 Å². The van der Waals surface area contributed by atoms with Gasteiger partial charge in [0.15, 0.2) is 0 Å². The molecule has 2 N–H and O–H groups in total. The van der Waals surface area contributed by atoms with Gasteiger partial charge in [-0.3, -0.25) is 0 Å². The third-order valence-electron chi connectivity index (χ3n) is 2.98. The van der Waals surface area contributed by atoms with Gasteiger partial charge in [0.1, 0.15) is 0 Å². The van der Waals surface area contributed by atoms with Crippen LogP contribution in [0.5, 0.6) is 0 Å². The molecule has 0 saturated heterocycles. The molecule has 2 aliphatic rings. The highest BCUT2D eigenvalue weighted by Crippen LogP contribution is 2.36. The predicted molar refractivity (Wildman–Crippen MR) is 63.8 cm³/mol. The van der Waals surface area contributed by atoms with E-state index in [4.69, 9.17) is 0 Å². The highest BCUT2D eigenvalue weighted by molar-refractivity contribution is 7.99. The van der Waals surface area contributed by atoms with E-state index in [1.54, 1.807) is 0 Å². The second kappa shape index (κ2) is 4.91. The Bertz CT molecular complexity index is 377. The highest BCUT2D eigenvalue weighted by atomic mass is 32.2. The normalized spacial score (nSPS) is 21.7. The molecular weight excluding hydrogens is 238 g/mol. The third kappa shape index (κ3) is 3.17. The van der Waals surface area contributed by atoms with Gasteiger partial charge in [-0.25, -0.2) is 4.68 Å². The first kappa shape index (κ1) is 11.4. The van der Waals surface area contributed by atoms with Crippen molar-refractivity contribution in [3.05, 3.63) is 0 Å². The molecule has 1 aromatic heterocycles. The van der Waals surface area contributed by atoms with Crippen LogP contribution in [0.3, 0.4) is 0 Å². The van der Waals surface area contributed by atoms with Crippen LogP contribution >= 0.6 is 11.8 Å². The zero-order chi connectivity index (χ0) is 11.7.